The lowest BCUT2D eigenvalue weighted by Gasteiger charge is -2.12. The first-order valence-electron chi connectivity index (χ1n) is 9.73. The number of nitrogens with one attached hydrogen (secondary N) is 1. The number of nitrogens with zero attached hydrogens (tertiary/aromatic N) is 2. The molecule has 0 fully saturated rings. The molecular weight excluding hydrogens is 410 g/mol. The van der Waals surface area contributed by atoms with Gasteiger partial charge < -0.3 is 19.5 Å². The minimum absolute atomic E-state index is 0.260. The summed E-state index contributed by atoms with van der Waals surface area (Å²) in [5.41, 5.74) is 1.62. The van der Waals surface area contributed by atoms with E-state index >= 15 is 0 Å². The second-order valence-electron chi connectivity index (χ2n) is 6.88. The van der Waals surface area contributed by atoms with Crippen LogP contribution in [0.5, 0.6) is 17.2 Å². The van der Waals surface area contributed by atoms with Gasteiger partial charge in [-0.25, -0.2) is 4.98 Å². The van der Waals surface area contributed by atoms with E-state index in [1.807, 2.05) is 12.1 Å². The van der Waals surface area contributed by atoms with E-state index in [2.05, 4.69) is 10.3 Å². The number of methoxy groups -OCH3 is 3. The molecule has 162 valence electrons. The molecule has 0 bridgehead atoms. The molecule has 32 heavy (non-hydrogen) atoms. The highest BCUT2D eigenvalue weighted by atomic mass is 16.5. The van der Waals surface area contributed by atoms with E-state index in [0.29, 0.717) is 45.1 Å². The minimum Gasteiger partial charge on any atom is -0.497 e. The highest BCUT2D eigenvalue weighted by Crippen LogP contribution is 2.26. The van der Waals surface area contributed by atoms with Gasteiger partial charge in [-0.3, -0.25) is 14.2 Å². The van der Waals surface area contributed by atoms with E-state index in [-0.39, 0.29) is 11.5 Å². The lowest BCUT2D eigenvalue weighted by atomic mass is 10.1. The Morgan fingerprint density at radius 2 is 1.62 bits per heavy atom. The number of hydrogen-bond acceptors (Lipinski definition) is 6. The van der Waals surface area contributed by atoms with Crippen LogP contribution in [0.25, 0.3) is 16.6 Å². The fourth-order valence-electron chi connectivity index (χ4n) is 3.35. The third-order valence-electron chi connectivity index (χ3n) is 4.98. The van der Waals surface area contributed by atoms with Crippen molar-refractivity contribution >= 4 is 22.5 Å². The quantitative estimate of drug-likeness (QED) is 0.501. The van der Waals surface area contributed by atoms with Crippen molar-refractivity contribution in [3.8, 4) is 22.9 Å². The zero-order valence-electron chi connectivity index (χ0n) is 17.8. The second kappa shape index (κ2) is 8.81. The molecule has 0 aliphatic carbocycles. The van der Waals surface area contributed by atoms with Crippen LogP contribution < -0.4 is 25.1 Å². The summed E-state index contributed by atoms with van der Waals surface area (Å²) >= 11 is 0. The van der Waals surface area contributed by atoms with Crippen LogP contribution in [-0.2, 0) is 0 Å². The first-order chi connectivity index (χ1) is 15.5. The van der Waals surface area contributed by atoms with Crippen molar-refractivity contribution in [1.82, 2.24) is 9.55 Å². The maximum Gasteiger partial charge on any atom is 0.265 e. The molecule has 0 atom stereocenters. The Kier molecular flexibility index (Phi) is 5.76. The zero-order valence-corrected chi connectivity index (χ0v) is 17.8. The molecule has 4 aromatic rings. The van der Waals surface area contributed by atoms with E-state index in [4.69, 9.17) is 14.2 Å². The van der Waals surface area contributed by atoms with Gasteiger partial charge in [-0.1, -0.05) is 12.1 Å². The molecule has 8 nitrogen and oxygen atoms in total. The predicted octanol–water partition coefficient (Wildman–Crippen LogP) is 3.66. The summed E-state index contributed by atoms with van der Waals surface area (Å²) < 4.78 is 17.2. The molecule has 0 unspecified atom stereocenters. The van der Waals surface area contributed by atoms with Crippen molar-refractivity contribution < 1.29 is 19.0 Å². The van der Waals surface area contributed by atoms with E-state index in [0.717, 1.165) is 0 Å². The van der Waals surface area contributed by atoms with Crippen molar-refractivity contribution in [2.75, 3.05) is 26.6 Å². The van der Waals surface area contributed by atoms with Crippen LogP contribution in [0.4, 0.5) is 5.69 Å². The van der Waals surface area contributed by atoms with Gasteiger partial charge in [-0.15, -0.1) is 0 Å². The Hall–Kier alpha value is -4.33. The summed E-state index contributed by atoms with van der Waals surface area (Å²) in [5.74, 6) is 1.31. The summed E-state index contributed by atoms with van der Waals surface area (Å²) in [5, 5.41) is 3.20. The van der Waals surface area contributed by atoms with E-state index in [9.17, 15) is 9.59 Å². The smallest absolute Gasteiger partial charge is 0.265 e. The number of amides is 1. The normalized spacial score (nSPS) is 10.6. The number of fused-ring (bicyclic) bond motifs is 1. The molecule has 1 aromatic heterocycles. The van der Waals surface area contributed by atoms with Crippen LogP contribution in [0.2, 0.25) is 0 Å². The zero-order chi connectivity index (χ0) is 22.7. The second-order valence-corrected chi connectivity index (χ2v) is 6.88. The molecule has 0 radical (unpaired) electrons. The van der Waals surface area contributed by atoms with Crippen molar-refractivity contribution in [2.45, 2.75) is 0 Å². The number of hydrogen-bond donors (Lipinski definition) is 1. The highest BCUT2D eigenvalue weighted by Gasteiger charge is 2.13. The summed E-state index contributed by atoms with van der Waals surface area (Å²) in [7, 11) is 4.61. The van der Waals surface area contributed by atoms with Crippen LogP contribution in [-0.4, -0.2) is 36.8 Å². The minimum atomic E-state index is -0.349. The fraction of sp³-hybridized carbons (Fsp3) is 0.125. The Morgan fingerprint density at radius 3 is 2.31 bits per heavy atom. The Morgan fingerprint density at radius 1 is 0.906 bits per heavy atom. The predicted molar refractivity (Wildman–Crippen MR) is 121 cm³/mol. The molecule has 0 saturated carbocycles. The Labute approximate surface area is 184 Å². The average molecular weight is 431 g/mol. The van der Waals surface area contributed by atoms with Crippen molar-refractivity contribution in [3.63, 3.8) is 0 Å². The SMILES string of the molecule is COc1cc(NC(=O)c2ccc3c(=O)n(-c4ccccc4OC)cnc3c2)cc(OC)c1. The molecule has 1 heterocycles. The number of rotatable bonds is 6. The number of carbonyl (C=O) groups is 1. The number of benzene rings is 3. The number of ether oxygens (including phenoxy) is 3. The summed E-state index contributed by atoms with van der Waals surface area (Å²) in [6.07, 6.45) is 1.43. The van der Waals surface area contributed by atoms with Gasteiger partial charge in [0.2, 0.25) is 0 Å². The van der Waals surface area contributed by atoms with Crippen LogP contribution >= 0.6 is 0 Å². The van der Waals surface area contributed by atoms with E-state index in [1.54, 1.807) is 55.6 Å². The third-order valence-corrected chi connectivity index (χ3v) is 4.98. The average Bonchev–Trinajstić information content (AvgIpc) is 2.83. The molecule has 3 aromatic carbocycles. The van der Waals surface area contributed by atoms with Crippen LogP contribution in [0.15, 0.2) is 71.8 Å². The van der Waals surface area contributed by atoms with Crippen LogP contribution in [0, 0.1) is 0 Å². The summed E-state index contributed by atoms with van der Waals surface area (Å²) in [6.45, 7) is 0. The molecule has 0 aliphatic rings. The van der Waals surface area contributed by atoms with Gasteiger partial charge in [0.15, 0.2) is 0 Å². The molecule has 8 heteroatoms. The van der Waals surface area contributed by atoms with E-state index in [1.165, 1.54) is 25.1 Å². The first-order valence-corrected chi connectivity index (χ1v) is 9.73. The lowest BCUT2D eigenvalue weighted by molar-refractivity contribution is 0.102. The molecule has 0 aliphatic heterocycles. The van der Waals surface area contributed by atoms with E-state index < -0.39 is 0 Å². The molecule has 0 spiro atoms. The number of para-hydroxylation sites is 2. The highest BCUT2D eigenvalue weighted by molar-refractivity contribution is 6.06. The largest absolute Gasteiger partial charge is 0.497 e. The number of carbonyl (C=O) groups excluding carboxylic acids is 1. The van der Waals surface area contributed by atoms with Gasteiger partial charge in [0.1, 0.15) is 23.6 Å². The Bertz CT molecular complexity index is 1340. The topological polar surface area (TPSA) is 91.7 Å². The van der Waals surface area contributed by atoms with Crippen LogP contribution in [0.3, 0.4) is 0 Å². The standard InChI is InChI=1S/C24H21N3O5/c1-30-17-11-16(12-18(13-17)31-2)26-23(28)15-8-9-19-20(10-15)25-14-27(24(19)29)21-6-4-5-7-22(21)32-3/h4-14H,1-3H3,(H,26,28). The van der Waals surface area contributed by atoms with Gasteiger partial charge in [-0.2, -0.15) is 0 Å². The maximum atomic E-state index is 13.0. The van der Waals surface area contributed by atoms with Crippen LogP contribution in [0.1, 0.15) is 10.4 Å². The van der Waals surface area contributed by atoms with Gasteiger partial charge in [0.05, 0.1) is 37.9 Å². The van der Waals surface area contributed by atoms with Crippen molar-refractivity contribution in [3.05, 3.63) is 82.9 Å². The molecular formula is C24H21N3O5. The summed E-state index contributed by atoms with van der Waals surface area (Å²) in [6, 6.07) is 17.0. The molecule has 1 amide bonds. The molecule has 1 N–H and O–H groups in total. The fourth-order valence-corrected chi connectivity index (χ4v) is 3.35. The van der Waals surface area contributed by atoms with Gasteiger partial charge >= 0.3 is 0 Å². The molecule has 4 rings (SSSR count). The third kappa shape index (κ3) is 3.98. The first kappa shape index (κ1) is 20.9. The number of anilines is 1. The maximum absolute atomic E-state index is 13.0. The van der Waals surface area contributed by atoms with Gasteiger partial charge in [0.25, 0.3) is 11.5 Å². The molecule has 0 saturated heterocycles. The number of aromatic nitrogens is 2. The monoisotopic (exact) mass is 431 g/mol. The lowest BCUT2D eigenvalue weighted by Crippen LogP contribution is -2.20. The van der Waals surface area contributed by atoms with Crippen molar-refractivity contribution in [1.29, 1.82) is 0 Å². The van der Waals surface area contributed by atoms with Gasteiger partial charge in [0, 0.05) is 29.4 Å². The van der Waals surface area contributed by atoms with Crippen molar-refractivity contribution in [2.24, 2.45) is 0 Å². The van der Waals surface area contributed by atoms with Gasteiger partial charge in [-0.05, 0) is 30.3 Å². The Balaban J connectivity index is 1.67. The summed E-state index contributed by atoms with van der Waals surface area (Å²) in [4.78, 5) is 30.2.